The zero-order valence-electron chi connectivity index (χ0n) is 12.3. The Bertz CT molecular complexity index is 662. The largest absolute Gasteiger partial charge is 0.504 e. The second-order valence-corrected chi connectivity index (χ2v) is 5.34. The molecule has 0 bridgehead atoms. The van der Waals surface area contributed by atoms with E-state index in [1.807, 2.05) is 30.3 Å². The number of aliphatic hydroxyl groups excluding tert-OH is 1. The Balaban J connectivity index is 0.00000192. The molecule has 0 spiro atoms. The van der Waals surface area contributed by atoms with Gasteiger partial charge in [0.05, 0.1) is 18.0 Å². The first-order valence-electron chi connectivity index (χ1n) is 7.16. The van der Waals surface area contributed by atoms with Gasteiger partial charge in [0, 0.05) is 25.6 Å². The van der Waals surface area contributed by atoms with Crippen LogP contribution in [0.2, 0.25) is 0 Å². The molecule has 1 saturated heterocycles. The van der Waals surface area contributed by atoms with E-state index in [2.05, 4.69) is 15.7 Å². The van der Waals surface area contributed by atoms with Crippen LogP contribution in [0.15, 0.2) is 36.5 Å². The quantitative estimate of drug-likeness (QED) is 0.643. The maximum absolute atomic E-state index is 12.1. The molecule has 7 nitrogen and oxygen atoms in total. The Morgan fingerprint density at radius 1 is 1.35 bits per heavy atom. The summed E-state index contributed by atoms with van der Waals surface area (Å²) in [6.07, 6.45) is 0.937. The number of amides is 1. The van der Waals surface area contributed by atoms with Gasteiger partial charge in [-0.3, -0.25) is 4.79 Å². The van der Waals surface area contributed by atoms with Gasteiger partial charge in [-0.1, -0.05) is 18.2 Å². The number of β-amino-alcohol motifs (C(OH)–C–C–N with tert-alkyl or cyclic N) is 1. The fourth-order valence-corrected chi connectivity index (χ4v) is 2.47. The van der Waals surface area contributed by atoms with Crippen LogP contribution < -0.4 is 10.6 Å². The molecule has 2 aromatic rings. The van der Waals surface area contributed by atoms with Crippen molar-refractivity contribution in [1.29, 1.82) is 0 Å². The van der Waals surface area contributed by atoms with Crippen LogP contribution in [0, 0.1) is 5.92 Å². The van der Waals surface area contributed by atoms with Crippen LogP contribution in [-0.2, 0) is 0 Å². The molecule has 3 rings (SSSR count). The minimum absolute atomic E-state index is 0. The molecule has 0 saturated carbocycles. The molecule has 1 aromatic carbocycles. The predicted octanol–water partition coefficient (Wildman–Crippen LogP) is 0.310. The number of hydrogen-bond donors (Lipinski definition) is 4. The molecule has 1 aliphatic heterocycles. The molecule has 4 N–H and O–H groups in total. The van der Waals surface area contributed by atoms with Crippen molar-refractivity contribution >= 4 is 18.3 Å². The number of aliphatic hydroxyl groups is 1. The van der Waals surface area contributed by atoms with Crippen LogP contribution in [0.1, 0.15) is 10.5 Å². The minimum atomic E-state index is -0.462. The third-order valence-electron chi connectivity index (χ3n) is 3.76. The smallest absolute Gasteiger partial charge is 0.275 e. The van der Waals surface area contributed by atoms with Crippen LogP contribution in [0.25, 0.3) is 5.69 Å². The van der Waals surface area contributed by atoms with E-state index < -0.39 is 12.0 Å². The number of benzene rings is 1. The summed E-state index contributed by atoms with van der Waals surface area (Å²) in [6.45, 7) is 1.53. The normalized spacial score (nSPS) is 20.0. The number of carbonyl (C=O) groups excluding carboxylic acids is 1. The van der Waals surface area contributed by atoms with Crippen molar-refractivity contribution in [3.8, 4) is 11.4 Å². The zero-order valence-corrected chi connectivity index (χ0v) is 13.2. The number of hydrogen-bond acceptors (Lipinski definition) is 5. The summed E-state index contributed by atoms with van der Waals surface area (Å²) < 4.78 is 1.45. The van der Waals surface area contributed by atoms with Gasteiger partial charge in [-0.2, -0.15) is 5.10 Å². The van der Waals surface area contributed by atoms with Gasteiger partial charge in [0.2, 0.25) is 0 Å². The molecule has 2 unspecified atom stereocenters. The molecule has 0 aliphatic carbocycles. The van der Waals surface area contributed by atoms with Gasteiger partial charge >= 0.3 is 0 Å². The van der Waals surface area contributed by atoms with E-state index >= 15 is 0 Å². The molecule has 1 amide bonds. The van der Waals surface area contributed by atoms with Gasteiger partial charge < -0.3 is 20.8 Å². The summed E-state index contributed by atoms with van der Waals surface area (Å²) in [7, 11) is 0. The van der Waals surface area contributed by atoms with E-state index in [1.54, 1.807) is 0 Å². The van der Waals surface area contributed by atoms with E-state index in [9.17, 15) is 15.0 Å². The lowest BCUT2D eigenvalue weighted by Crippen LogP contribution is -2.34. The monoisotopic (exact) mass is 338 g/mol. The van der Waals surface area contributed by atoms with E-state index in [-0.39, 0.29) is 29.8 Å². The van der Waals surface area contributed by atoms with Gasteiger partial charge in [0.25, 0.3) is 5.91 Å². The second-order valence-electron chi connectivity index (χ2n) is 5.34. The highest BCUT2D eigenvalue weighted by molar-refractivity contribution is 5.94. The SMILES string of the molecule is Cl.O=C(NCC1CNCC1O)c1nn(-c2ccccc2)cc1O. The third kappa shape index (κ3) is 3.82. The van der Waals surface area contributed by atoms with Crippen molar-refractivity contribution in [3.63, 3.8) is 0 Å². The fraction of sp³-hybridized carbons (Fsp3) is 0.333. The summed E-state index contributed by atoms with van der Waals surface area (Å²) in [5.74, 6) is -0.653. The molecule has 8 heteroatoms. The molecule has 124 valence electrons. The Labute approximate surface area is 139 Å². The van der Waals surface area contributed by atoms with Gasteiger partial charge in [-0.25, -0.2) is 4.68 Å². The van der Waals surface area contributed by atoms with E-state index in [1.165, 1.54) is 10.9 Å². The number of carbonyl (C=O) groups is 1. The summed E-state index contributed by atoms with van der Waals surface area (Å²) in [6, 6.07) is 9.23. The Morgan fingerprint density at radius 2 is 2.09 bits per heavy atom. The molecule has 1 aliphatic rings. The van der Waals surface area contributed by atoms with Crippen LogP contribution >= 0.6 is 12.4 Å². The molecular weight excluding hydrogens is 320 g/mol. The molecular formula is C15H19ClN4O3. The average molecular weight is 339 g/mol. The lowest BCUT2D eigenvalue weighted by molar-refractivity contribution is 0.0919. The third-order valence-corrected chi connectivity index (χ3v) is 3.76. The van der Waals surface area contributed by atoms with Crippen LogP contribution in [0.5, 0.6) is 5.75 Å². The number of aromatic hydroxyl groups is 1. The van der Waals surface area contributed by atoms with E-state index in [0.29, 0.717) is 19.6 Å². The highest BCUT2D eigenvalue weighted by Gasteiger charge is 2.26. The summed E-state index contributed by atoms with van der Waals surface area (Å²) in [4.78, 5) is 12.1. The Morgan fingerprint density at radius 3 is 2.74 bits per heavy atom. The average Bonchev–Trinajstić information content (AvgIpc) is 3.12. The lowest BCUT2D eigenvalue weighted by atomic mass is 10.1. The summed E-state index contributed by atoms with van der Waals surface area (Å²) in [5, 5.41) is 29.5. The fourth-order valence-electron chi connectivity index (χ4n) is 2.47. The van der Waals surface area contributed by atoms with Crippen LogP contribution in [0.3, 0.4) is 0 Å². The van der Waals surface area contributed by atoms with Gasteiger partial charge in [0.1, 0.15) is 0 Å². The number of rotatable bonds is 4. The topological polar surface area (TPSA) is 99.4 Å². The predicted molar refractivity (Wildman–Crippen MR) is 87.2 cm³/mol. The number of para-hydroxylation sites is 1. The van der Waals surface area contributed by atoms with E-state index in [4.69, 9.17) is 0 Å². The minimum Gasteiger partial charge on any atom is -0.504 e. The van der Waals surface area contributed by atoms with E-state index in [0.717, 1.165) is 5.69 Å². The van der Waals surface area contributed by atoms with Crippen molar-refractivity contribution in [2.45, 2.75) is 6.10 Å². The Hall–Kier alpha value is -2.09. The van der Waals surface area contributed by atoms with Crippen LogP contribution in [0.4, 0.5) is 0 Å². The molecule has 1 fully saturated rings. The van der Waals surface area contributed by atoms with Crippen LogP contribution in [-0.4, -0.2) is 51.6 Å². The van der Waals surface area contributed by atoms with Crippen molar-refractivity contribution in [1.82, 2.24) is 20.4 Å². The Kier molecular flexibility index (Phi) is 5.59. The van der Waals surface area contributed by atoms with Gasteiger partial charge in [0.15, 0.2) is 11.4 Å². The number of nitrogens with zero attached hydrogens (tertiary/aromatic N) is 2. The highest BCUT2D eigenvalue weighted by atomic mass is 35.5. The molecule has 0 radical (unpaired) electrons. The van der Waals surface area contributed by atoms with Crippen molar-refractivity contribution in [2.24, 2.45) is 5.92 Å². The molecule has 1 aromatic heterocycles. The van der Waals surface area contributed by atoms with Crippen molar-refractivity contribution < 1.29 is 15.0 Å². The van der Waals surface area contributed by atoms with Crippen molar-refractivity contribution in [3.05, 3.63) is 42.2 Å². The maximum atomic E-state index is 12.1. The lowest BCUT2D eigenvalue weighted by Gasteiger charge is -2.13. The second kappa shape index (κ2) is 7.45. The molecule has 2 atom stereocenters. The maximum Gasteiger partial charge on any atom is 0.275 e. The molecule has 23 heavy (non-hydrogen) atoms. The zero-order chi connectivity index (χ0) is 15.5. The summed E-state index contributed by atoms with van der Waals surface area (Å²) >= 11 is 0. The first-order valence-corrected chi connectivity index (χ1v) is 7.16. The first kappa shape index (κ1) is 17.3. The van der Waals surface area contributed by atoms with Crippen molar-refractivity contribution in [2.75, 3.05) is 19.6 Å². The first-order chi connectivity index (χ1) is 10.6. The number of nitrogens with one attached hydrogen (secondary N) is 2. The van der Waals surface area contributed by atoms with Gasteiger partial charge in [-0.15, -0.1) is 12.4 Å². The van der Waals surface area contributed by atoms with Gasteiger partial charge in [-0.05, 0) is 12.1 Å². The molecule has 2 heterocycles. The standard InChI is InChI=1S/C15H18N4O3.ClH/c20-12-8-16-6-10(12)7-17-15(22)14-13(21)9-19(18-14)11-4-2-1-3-5-11;/h1-5,9-10,12,16,20-21H,6-8H2,(H,17,22);1H. The number of halogens is 1. The number of aromatic nitrogens is 2. The highest BCUT2D eigenvalue weighted by Crippen LogP contribution is 2.18. The summed E-state index contributed by atoms with van der Waals surface area (Å²) in [5.41, 5.74) is 0.733.